The van der Waals surface area contributed by atoms with E-state index in [2.05, 4.69) is 4.98 Å². The molecule has 0 saturated carbocycles. The van der Waals surface area contributed by atoms with Gasteiger partial charge in [0.1, 0.15) is 11.1 Å². The van der Waals surface area contributed by atoms with Crippen LogP contribution in [0.3, 0.4) is 0 Å². The average Bonchev–Trinajstić information content (AvgIpc) is 2.95. The molecule has 6 nitrogen and oxygen atoms in total. The molecule has 0 amide bonds. The first kappa shape index (κ1) is 20.6. The Morgan fingerprint density at radius 1 is 1.19 bits per heavy atom. The maximum atomic E-state index is 13.5. The number of aromatic nitrogens is 2. The molecule has 1 heterocycles. The molecule has 0 spiro atoms. The predicted octanol–water partition coefficient (Wildman–Crippen LogP) is 4.93. The number of fused-ring (bicyclic) bond motifs is 1. The number of hydrogen-bond donors (Lipinski definition) is 1. The summed E-state index contributed by atoms with van der Waals surface area (Å²) in [5, 5.41) is 11.0. The number of halogens is 8. The minimum Gasteiger partial charge on any atom is -0.491 e. The zero-order chi connectivity index (χ0) is 20.8. The van der Waals surface area contributed by atoms with Crippen molar-refractivity contribution in [3.63, 3.8) is 0 Å². The van der Waals surface area contributed by atoms with Crippen LogP contribution in [0.4, 0.5) is 40.8 Å². The third kappa shape index (κ3) is 3.60. The number of nitro benzene ring substituents is 1. The van der Waals surface area contributed by atoms with Crippen LogP contribution in [0, 0.1) is 10.1 Å². The van der Waals surface area contributed by atoms with E-state index in [9.17, 15) is 45.2 Å². The third-order valence-corrected chi connectivity index (χ3v) is 3.31. The molecular weight excluding hydrogens is 398 g/mol. The van der Waals surface area contributed by atoms with Gasteiger partial charge in [-0.1, -0.05) is 6.92 Å². The summed E-state index contributed by atoms with van der Waals surface area (Å²) in [6.07, 6.45) is -11.2. The van der Waals surface area contributed by atoms with E-state index in [-0.39, 0.29) is 19.1 Å². The van der Waals surface area contributed by atoms with Crippen LogP contribution in [-0.4, -0.2) is 27.7 Å². The van der Waals surface area contributed by atoms with Crippen molar-refractivity contribution in [3.05, 3.63) is 27.6 Å². The lowest BCUT2D eigenvalue weighted by atomic mass is 10.1. The number of rotatable bonds is 5. The highest BCUT2D eigenvalue weighted by molar-refractivity contribution is 5.91. The summed E-state index contributed by atoms with van der Waals surface area (Å²) in [5.74, 6) is -8.82. The smallest absolute Gasteiger partial charge is 0.461 e. The fourth-order valence-electron chi connectivity index (χ4n) is 2.11. The number of alkyl halides is 8. The van der Waals surface area contributed by atoms with Gasteiger partial charge in [0.25, 0.3) is 5.69 Å². The van der Waals surface area contributed by atoms with Crippen molar-refractivity contribution in [2.45, 2.75) is 31.6 Å². The molecule has 1 aromatic carbocycles. The zero-order valence-corrected chi connectivity index (χ0v) is 13.1. The molecule has 27 heavy (non-hydrogen) atoms. The highest BCUT2D eigenvalue weighted by Crippen LogP contribution is 2.47. The lowest BCUT2D eigenvalue weighted by Gasteiger charge is -2.16. The van der Waals surface area contributed by atoms with Gasteiger partial charge >= 0.3 is 18.3 Å². The molecule has 150 valence electrons. The molecule has 0 fully saturated rings. The topological polar surface area (TPSA) is 81.1 Å². The Hall–Kier alpha value is -2.67. The number of hydrogen-bond acceptors (Lipinski definition) is 4. The van der Waals surface area contributed by atoms with Crippen LogP contribution in [0.5, 0.6) is 5.75 Å². The van der Waals surface area contributed by atoms with Crippen molar-refractivity contribution in [3.8, 4) is 5.75 Å². The number of benzene rings is 1. The third-order valence-electron chi connectivity index (χ3n) is 3.31. The largest absolute Gasteiger partial charge is 0.491 e. The lowest BCUT2D eigenvalue weighted by molar-refractivity contribution is -0.383. The molecule has 0 aliphatic heterocycles. The van der Waals surface area contributed by atoms with E-state index in [1.165, 1.54) is 11.9 Å². The summed E-state index contributed by atoms with van der Waals surface area (Å²) in [6, 6.07) is -0.0241. The fraction of sp³-hybridized carbons (Fsp3) is 0.462. The monoisotopic (exact) mass is 407 g/mol. The highest BCUT2D eigenvalue weighted by Gasteiger charge is 2.61. The van der Waals surface area contributed by atoms with Crippen LogP contribution >= 0.6 is 0 Å². The predicted molar refractivity (Wildman–Crippen MR) is 73.5 cm³/mol. The molecule has 1 aromatic heterocycles. The molecule has 0 aliphatic carbocycles. The van der Waals surface area contributed by atoms with E-state index < -0.39 is 57.1 Å². The molecule has 14 heteroatoms. The van der Waals surface area contributed by atoms with E-state index in [0.717, 1.165) is 0 Å². The number of H-pyrrole nitrogens is 1. The molecule has 0 radical (unpaired) electrons. The van der Waals surface area contributed by atoms with Crippen LogP contribution in [-0.2, 0) is 12.1 Å². The first-order valence-electron chi connectivity index (χ1n) is 7.08. The van der Waals surface area contributed by atoms with E-state index in [4.69, 9.17) is 4.74 Å². The first-order chi connectivity index (χ1) is 12.2. The van der Waals surface area contributed by atoms with Gasteiger partial charge in [0.2, 0.25) is 0 Å². The summed E-state index contributed by atoms with van der Waals surface area (Å²) in [7, 11) is 0. The molecule has 2 aromatic rings. The number of non-ortho nitro benzene ring substituents is 1. The van der Waals surface area contributed by atoms with E-state index in [1.807, 2.05) is 0 Å². The number of ether oxygens (including phenoxy) is 1. The number of nitrogens with one attached hydrogen (secondary N) is 1. The number of nitrogens with zero attached hydrogens (tertiary/aromatic N) is 2. The molecule has 0 aliphatic rings. The van der Waals surface area contributed by atoms with Crippen molar-refractivity contribution in [1.82, 2.24) is 9.97 Å². The van der Waals surface area contributed by atoms with Crippen LogP contribution in [0.2, 0.25) is 0 Å². The Balaban J connectivity index is 2.90. The fourth-order valence-corrected chi connectivity index (χ4v) is 2.11. The van der Waals surface area contributed by atoms with Gasteiger partial charge in [-0.3, -0.25) is 10.1 Å². The molecule has 2 rings (SSSR count). The van der Waals surface area contributed by atoms with Crippen LogP contribution < -0.4 is 4.74 Å². The van der Waals surface area contributed by atoms with Gasteiger partial charge in [-0.2, -0.15) is 35.1 Å². The second-order valence-corrected chi connectivity index (χ2v) is 5.26. The quantitative estimate of drug-likeness (QED) is 0.433. The van der Waals surface area contributed by atoms with Gasteiger partial charge in [-0.15, -0.1) is 0 Å². The van der Waals surface area contributed by atoms with E-state index >= 15 is 0 Å². The normalized spacial score (nSPS) is 13.2. The van der Waals surface area contributed by atoms with Crippen molar-refractivity contribution < 1.29 is 44.8 Å². The Bertz CT molecular complexity index is 872. The summed E-state index contributed by atoms with van der Waals surface area (Å²) in [6.45, 7) is 1.13. The Kier molecular flexibility index (Phi) is 4.96. The molecular formula is C13H9F8N3O3. The minimum absolute atomic E-state index is 0.0241. The van der Waals surface area contributed by atoms with Gasteiger partial charge in [0.15, 0.2) is 17.1 Å². The van der Waals surface area contributed by atoms with Crippen LogP contribution in [0.1, 0.15) is 24.7 Å². The zero-order valence-electron chi connectivity index (χ0n) is 13.1. The summed E-state index contributed by atoms with van der Waals surface area (Å²) in [4.78, 5) is 13.9. The van der Waals surface area contributed by atoms with Gasteiger partial charge < -0.3 is 9.72 Å². The molecule has 0 atom stereocenters. The Labute approximate surface area is 144 Å². The van der Waals surface area contributed by atoms with Gasteiger partial charge in [-0.05, 0) is 6.42 Å². The first-order valence-corrected chi connectivity index (χ1v) is 7.08. The van der Waals surface area contributed by atoms with E-state index in [0.29, 0.717) is 0 Å². The SMILES string of the molecule is CCCOc1c(C(F)(F)F)cc([N+](=O)[O-])c2nc(C(F)(F)C(F)(F)F)[nH]c12. The highest BCUT2D eigenvalue weighted by atomic mass is 19.4. The van der Waals surface area contributed by atoms with Crippen LogP contribution in [0.15, 0.2) is 6.07 Å². The van der Waals surface area contributed by atoms with Gasteiger partial charge in [0.05, 0.1) is 11.5 Å². The van der Waals surface area contributed by atoms with Gasteiger partial charge in [-0.25, -0.2) is 4.98 Å². The second kappa shape index (κ2) is 6.49. The van der Waals surface area contributed by atoms with Crippen molar-refractivity contribution in [2.75, 3.05) is 6.61 Å². The summed E-state index contributed by atoms with van der Waals surface area (Å²) < 4.78 is 109. The maximum Gasteiger partial charge on any atom is 0.461 e. The standard InChI is InChI=1S/C13H9F8N3O3/c1-2-3-27-9-5(12(16,17)18)4-6(24(25)26)7-8(9)23-10(22-7)11(14,15)13(19,20)21/h4H,2-3H2,1H3,(H,22,23). The second-order valence-electron chi connectivity index (χ2n) is 5.26. The maximum absolute atomic E-state index is 13.5. The van der Waals surface area contributed by atoms with Crippen molar-refractivity contribution in [1.29, 1.82) is 0 Å². The molecule has 0 bridgehead atoms. The Morgan fingerprint density at radius 2 is 1.78 bits per heavy atom. The van der Waals surface area contributed by atoms with Crippen LogP contribution in [0.25, 0.3) is 11.0 Å². The molecule has 0 unspecified atom stereocenters. The van der Waals surface area contributed by atoms with Crippen molar-refractivity contribution >= 4 is 16.7 Å². The van der Waals surface area contributed by atoms with Gasteiger partial charge in [0, 0.05) is 6.07 Å². The Morgan fingerprint density at radius 3 is 2.22 bits per heavy atom. The minimum atomic E-state index is -6.13. The number of imidazole rings is 1. The number of aromatic amines is 1. The van der Waals surface area contributed by atoms with Crippen molar-refractivity contribution in [2.24, 2.45) is 0 Å². The number of nitro groups is 1. The summed E-state index contributed by atoms with van der Waals surface area (Å²) in [5.41, 5.74) is -5.30. The average molecular weight is 407 g/mol. The molecule has 0 saturated heterocycles. The summed E-state index contributed by atoms with van der Waals surface area (Å²) >= 11 is 0. The molecule has 1 N–H and O–H groups in total. The van der Waals surface area contributed by atoms with E-state index in [1.54, 1.807) is 0 Å². The lowest BCUT2D eigenvalue weighted by Crippen LogP contribution is -2.34.